The van der Waals surface area contributed by atoms with Crippen LogP contribution in [0.1, 0.15) is 38.2 Å². The van der Waals surface area contributed by atoms with Gasteiger partial charge in [0, 0.05) is 24.8 Å². The Hall–Kier alpha value is -1.09. The lowest BCUT2D eigenvalue weighted by molar-refractivity contribution is 0.251. The van der Waals surface area contributed by atoms with Crippen LogP contribution in [0, 0.1) is 17.7 Å². The molecule has 20 heavy (non-hydrogen) atoms. The van der Waals surface area contributed by atoms with E-state index in [9.17, 15) is 4.39 Å². The summed E-state index contributed by atoms with van der Waals surface area (Å²) >= 11 is 0. The third kappa shape index (κ3) is 2.56. The molecule has 0 spiro atoms. The highest BCUT2D eigenvalue weighted by atomic mass is 19.1. The molecule has 0 saturated heterocycles. The van der Waals surface area contributed by atoms with Gasteiger partial charge in [-0.25, -0.2) is 4.39 Å². The molecular formula is C17H25FN2. The van der Waals surface area contributed by atoms with Crippen LogP contribution in [-0.4, -0.2) is 19.1 Å². The van der Waals surface area contributed by atoms with E-state index < -0.39 is 0 Å². The Kier molecular flexibility index (Phi) is 3.97. The molecule has 2 aliphatic rings. The van der Waals surface area contributed by atoms with E-state index in [2.05, 4.69) is 11.8 Å². The van der Waals surface area contributed by atoms with Crippen molar-refractivity contribution in [2.45, 2.75) is 45.1 Å². The molecule has 1 fully saturated rings. The Morgan fingerprint density at radius 1 is 1.30 bits per heavy atom. The lowest BCUT2D eigenvalue weighted by Crippen LogP contribution is -2.46. The fraction of sp³-hybridized carbons (Fsp3) is 0.647. The average molecular weight is 276 g/mol. The second kappa shape index (κ2) is 5.72. The van der Waals surface area contributed by atoms with Crippen molar-refractivity contribution < 1.29 is 4.39 Å². The second-order valence-corrected chi connectivity index (χ2v) is 6.54. The maximum Gasteiger partial charge on any atom is 0.125 e. The monoisotopic (exact) mass is 276 g/mol. The molecule has 0 amide bonds. The van der Waals surface area contributed by atoms with Gasteiger partial charge in [-0.1, -0.05) is 25.8 Å². The van der Waals surface area contributed by atoms with Crippen molar-refractivity contribution in [3.05, 3.63) is 29.6 Å². The van der Waals surface area contributed by atoms with Crippen LogP contribution in [-0.2, 0) is 6.42 Å². The molecule has 110 valence electrons. The van der Waals surface area contributed by atoms with Crippen LogP contribution < -0.4 is 10.6 Å². The summed E-state index contributed by atoms with van der Waals surface area (Å²) in [6.07, 6.45) is 6.18. The van der Waals surface area contributed by atoms with E-state index in [-0.39, 0.29) is 5.82 Å². The molecule has 1 saturated carbocycles. The first-order chi connectivity index (χ1) is 9.69. The SMILES string of the molecule is CC1CCC(C(CN)N2CCc3ccc(F)cc32)CC1. The maximum absolute atomic E-state index is 13.5. The fourth-order valence-corrected chi connectivity index (χ4v) is 3.97. The topological polar surface area (TPSA) is 29.3 Å². The van der Waals surface area contributed by atoms with Gasteiger partial charge in [-0.05, 0) is 48.8 Å². The first-order valence-corrected chi connectivity index (χ1v) is 7.94. The van der Waals surface area contributed by atoms with E-state index >= 15 is 0 Å². The molecule has 3 heteroatoms. The van der Waals surface area contributed by atoms with Crippen molar-refractivity contribution in [3.63, 3.8) is 0 Å². The molecule has 0 radical (unpaired) electrons. The quantitative estimate of drug-likeness (QED) is 0.917. The lowest BCUT2D eigenvalue weighted by atomic mass is 9.78. The zero-order valence-electron chi connectivity index (χ0n) is 12.3. The van der Waals surface area contributed by atoms with Crippen LogP contribution in [0.3, 0.4) is 0 Å². The molecule has 0 bridgehead atoms. The van der Waals surface area contributed by atoms with Crippen molar-refractivity contribution in [3.8, 4) is 0 Å². The van der Waals surface area contributed by atoms with Crippen molar-refractivity contribution >= 4 is 5.69 Å². The summed E-state index contributed by atoms with van der Waals surface area (Å²) < 4.78 is 13.5. The molecule has 2 nitrogen and oxygen atoms in total. The van der Waals surface area contributed by atoms with Gasteiger partial charge in [0.15, 0.2) is 0 Å². The number of fused-ring (bicyclic) bond motifs is 1. The largest absolute Gasteiger partial charge is 0.366 e. The smallest absolute Gasteiger partial charge is 0.125 e. The zero-order chi connectivity index (χ0) is 14.1. The summed E-state index contributed by atoms with van der Waals surface area (Å²) in [6.45, 7) is 4.01. The summed E-state index contributed by atoms with van der Waals surface area (Å²) in [5.41, 5.74) is 8.43. The highest BCUT2D eigenvalue weighted by Gasteiger charge is 2.32. The minimum atomic E-state index is -0.135. The first kappa shape index (κ1) is 13.9. The van der Waals surface area contributed by atoms with Gasteiger partial charge < -0.3 is 10.6 Å². The van der Waals surface area contributed by atoms with Gasteiger partial charge in [-0.2, -0.15) is 0 Å². The van der Waals surface area contributed by atoms with E-state index in [0.29, 0.717) is 18.5 Å². The second-order valence-electron chi connectivity index (χ2n) is 6.54. The summed E-state index contributed by atoms with van der Waals surface area (Å²) in [4.78, 5) is 2.37. The third-order valence-electron chi connectivity index (χ3n) is 5.23. The number of nitrogens with zero attached hydrogens (tertiary/aromatic N) is 1. The molecule has 1 atom stereocenters. The molecule has 1 aliphatic carbocycles. The van der Waals surface area contributed by atoms with E-state index in [0.717, 1.165) is 24.6 Å². The minimum Gasteiger partial charge on any atom is -0.366 e. The summed E-state index contributed by atoms with van der Waals surface area (Å²) in [5.74, 6) is 1.39. The van der Waals surface area contributed by atoms with Crippen molar-refractivity contribution in [2.24, 2.45) is 17.6 Å². The third-order valence-corrected chi connectivity index (χ3v) is 5.23. The number of hydrogen-bond acceptors (Lipinski definition) is 2. The molecule has 1 aromatic rings. The number of nitrogens with two attached hydrogens (primary N) is 1. The Balaban J connectivity index is 1.80. The van der Waals surface area contributed by atoms with Crippen molar-refractivity contribution in [1.29, 1.82) is 0 Å². The summed E-state index contributed by atoms with van der Waals surface area (Å²) in [5, 5.41) is 0. The normalized spacial score (nSPS) is 27.4. The zero-order valence-corrected chi connectivity index (χ0v) is 12.3. The van der Waals surface area contributed by atoms with E-state index in [1.165, 1.54) is 31.2 Å². The number of rotatable bonds is 3. The van der Waals surface area contributed by atoms with Gasteiger partial charge >= 0.3 is 0 Å². The van der Waals surface area contributed by atoms with Gasteiger partial charge in [0.2, 0.25) is 0 Å². The number of halogens is 1. The molecule has 3 rings (SSSR count). The molecular weight excluding hydrogens is 251 g/mol. The highest BCUT2D eigenvalue weighted by molar-refractivity contribution is 5.59. The molecule has 1 aliphatic heterocycles. The molecule has 2 N–H and O–H groups in total. The standard InChI is InChI=1S/C17H25FN2/c1-12-2-4-13(5-3-12)17(11-19)20-9-8-14-6-7-15(18)10-16(14)20/h6-7,10,12-13,17H,2-5,8-9,11,19H2,1H3. The van der Waals surface area contributed by atoms with Crippen LogP contribution in [0.25, 0.3) is 0 Å². The van der Waals surface area contributed by atoms with Crippen LogP contribution in [0.15, 0.2) is 18.2 Å². The molecule has 1 unspecified atom stereocenters. The number of benzene rings is 1. The fourth-order valence-electron chi connectivity index (χ4n) is 3.97. The Morgan fingerprint density at radius 3 is 2.75 bits per heavy atom. The Bertz CT molecular complexity index is 466. The number of anilines is 1. The lowest BCUT2D eigenvalue weighted by Gasteiger charge is -2.39. The van der Waals surface area contributed by atoms with Gasteiger partial charge in [-0.15, -0.1) is 0 Å². The van der Waals surface area contributed by atoms with Crippen LogP contribution in [0.2, 0.25) is 0 Å². The van der Waals surface area contributed by atoms with Crippen molar-refractivity contribution in [2.75, 3.05) is 18.0 Å². The minimum absolute atomic E-state index is 0.135. The highest BCUT2D eigenvalue weighted by Crippen LogP contribution is 2.37. The van der Waals surface area contributed by atoms with Gasteiger partial charge in [0.05, 0.1) is 0 Å². The summed E-state index contributed by atoms with van der Waals surface area (Å²) in [7, 11) is 0. The predicted octanol–water partition coefficient (Wildman–Crippen LogP) is 3.34. The maximum atomic E-state index is 13.5. The van der Waals surface area contributed by atoms with E-state index in [1.54, 1.807) is 12.1 Å². The molecule has 0 aromatic heterocycles. The van der Waals surface area contributed by atoms with E-state index in [4.69, 9.17) is 5.73 Å². The molecule has 1 heterocycles. The Labute approximate surface area is 121 Å². The molecule has 1 aromatic carbocycles. The first-order valence-electron chi connectivity index (χ1n) is 7.94. The Morgan fingerprint density at radius 2 is 2.05 bits per heavy atom. The van der Waals surface area contributed by atoms with Gasteiger partial charge in [0.1, 0.15) is 5.82 Å². The van der Waals surface area contributed by atoms with Gasteiger partial charge in [-0.3, -0.25) is 0 Å². The van der Waals surface area contributed by atoms with Crippen LogP contribution >= 0.6 is 0 Å². The predicted molar refractivity (Wildman–Crippen MR) is 81.4 cm³/mol. The van der Waals surface area contributed by atoms with Crippen molar-refractivity contribution in [1.82, 2.24) is 0 Å². The van der Waals surface area contributed by atoms with Gasteiger partial charge in [0.25, 0.3) is 0 Å². The van der Waals surface area contributed by atoms with Crippen LogP contribution in [0.5, 0.6) is 0 Å². The number of hydrogen-bond donors (Lipinski definition) is 1. The average Bonchev–Trinajstić information content (AvgIpc) is 2.85. The van der Waals surface area contributed by atoms with Crippen LogP contribution in [0.4, 0.5) is 10.1 Å². The van der Waals surface area contributed by atoms with E-state index in [1.807, 2.05) is 6.07 Å². The summed E-state index contributed by atoms with van der Waals surface area (Å²) in [6, 6.07) is 5.57.